The molecule has 2 aliphatic rings. The zero-order chi connectivity index (χ0) is 20.7. The first-order valence-electron chi connectivity index (χ1n) is 10.3. The summed E-state index contributed by atoms with van der Waals surface area (Å²) in [6, 6.07) is 5.69. The fourth-order valence-corrected chi connectivity index (χ4v) is 4.46. The molecule has 1 atom stereocenters. The fraction of sp³-hybridized carbons (Fsp3) is 0.429. The summed E-state index contributed by atoms with van der Waals surface area (Å²) in [6.07, 6.45) is 5.25. The molecule has 5 rings (SSSR count). The molecule has 5 heterocycles. The van der Waals surface area contributed by atoms with Gasteiger partial charge in [0.15, 0.2) is 0 Å². The van der Waals surface area contributed by atoms with Crippen LogP contribution in [0.3, 0.4) is 0 Å². The topological polar surface area (TPSA) is 102 Å². The number of rotatable bonds is 4. The van der Waals surface area contributed by atoms with Gasteiger partial charge in [0.1, 0.15) is 23.1 Å². The first-order valence-corrected chi connectivity index (χ1v) is 10.3. The fourth-order valence-electron chi connectivity index (χ4n) is 4.46. The normalized spacial score (nSPS) is 19.6. The number of ether oxygens (including phenoxy) is 1. The van der Waals surface area contributed by atoms with Crippen LogP contribution in [-0.4, -0.2) is 64.5 Å². The lowest BCUT2D eigenvalue weighted by molar-refractivity contribution is -0.119. The zero-order valence-corrected chi connectivity index (χ0v) is 17.0. The number of hydrogen-bond donors (Lipinski definition) is 1. The lowest BCUT2D eigenvalue weighted by Gasteiger charge is -2.31. The molecule has 0 unspecified atom stereocenters. The summed E-state index contributed by atoms with van der Waals surface area (Å²) >= 11 is 0. The molecule has 2 saturated heterocycles. The minimum Gasteiger partial charge on any atom is -0.378 e. The monoisotopic (exact) mass is 407 g/mol. The first-order chi connectivity index (χ1) is 14.6. The van der Waals surface area contributed by atoms with Crippen LogP contribution in [0.4, 0.5) is 11.5 Å². The molecule has 156 valence electrons. The molecule has 0 saturated carbocycles. The second-order valence-electron chi connectivity index (χ2n) is 7.75. The Morgan fingerprint density at radius 2 is 2.03 bits per heavy atom. The average Bonchev–Trinajstić information content (AvgIpc) is 3.42. The smallest absolute Gasteiger partial charge is 0.240 e. The van der Waals surface area contributed by atoms with E-state index in [-0.39, 0.29) is 11.9 Å². The molecule has 30 heavy (non-hydrogen) atoms. The summed E-state index contributed by atoms with van der Waals surface area (Å²) < 4.78 is 7.32. The highest BCUT2D eigenvalue weighted by atomic mass is 16.5. The van der Waals surface area contributed by atoms with E-state index < -0.39 is 0 Å². The Morgan fingerprint density at radius 3 is 2.77 bits per heavy atom. The number of carbonyl (C=O) groups excluding carboxylic acids is 1. The van der Waals surface area contributed by atoms with E-state index in [4.69, 9.17) is 15.5 Å². The van der Waals surface area contributed by atoms with E-state index in [9.17, 15) is 4.79 Å². The van der Waals surface area contributed by atoms with E-state index in [1.54, 1.807) is 17.1 Å². The second-order valence-corrected chi connectivity index (χ2v) is 7.75. The highest BCUT2D eigenvalue weighted by Gasteiger charge is 2.31. The van der Waals surface area contributed by atoms with Crippen molar-refractivity contribution in [2.45, 2.75) is 18.9 Å². The van der Waals surface area contributed by atoms with Gasteiger partial charge in [-0.2, -0.15) is 5.10 Å². The van der Waals surface area contributed by atoms with Gasteiger partial charge in [-0.3, -0.25) is 14.5 Å². The van der Waals surface area contributed by atoms with Crippen molar-refractivity contribution in [1.82, 2.24) is 19.7 Å². The van der Waals surface area contributed by atoms with Gasteiger partial charge in [-0.15, -0.1) is 0 Å². The number of morpholine rings is 1. The molecule has 2 fully saturated rings. The van der Waals surface area contributed by atoms with Crippen molar-refractivity contribution >= 4 is 28.3 Å². The Balaban J connectivity index is 1.73. The summed E-state index contributed by atoms with van der Waals surface area (Å²) in [4.78, 5) is 26.1. The standard InChI is InChI=1S/C21H25N7O2/c1-26-15(5-7-24-26)20-19-14(4-6-23-20)17(28-8-2-3-16(28)21(22)29)13-18(25-19)27-9-11-30-12-10-27/h4-7,13,16H,2-3,8-12H2,1H3,(H2,22,29)/t16-/m0/s1. The molecule has 0 aromatic carbocycles. The van der Waals surface area contributed by atoms with Gasteiger partial charge in [-0.1, -0.05) is 0 Å². The van der Waals surface area contributed by atoms with Crippen LogP contribution in [0, 0.1) is 0 Å². The molecule has 0 bridgehead atoms. The van der Waals surface area contributed by atoms with Gasteiger partial charge < -0.3 is 20.3 Å². The molecule has 9 nitrogen and oxygen atoms in total. The first kappa shape index (κ1) is 18.8. The Labute approximate surface area is 174 Å². The van der Waals surface area contributed by atoms with Crippen LogP contribution in [0.2, 0.25) is 0 Å². The summed E-state index contributed by atoms with van der Waals surface area (Å²) in [6.45, 7) is 3.68. The number of aryl methyl sites for hydroxylation is 1. The molecule has 3 aromatic rings. The van der Waals surface area contributed by atoms with Crippen molar-refractivity contribution in [1.29, 1.82) is 0 Å². The van der Waals surface area contributed by atoms with Gasteiger partial charge in [0.05, 0.1) is 24.6 Å². The molecule has 1 amide bonds. The van der Waals surface area contributed by atoms with Gasteiger partial charge in [-0.25, -0.2) is 4.98 Å². The Kier molecular flexibility index (Phi) is 4.74. The number of primary amides is 1. The van der Waals surface area contributed by atoms with E-state index in [1.807, 2.05) is 19.2 Å². The van der Waals surface area contributed by atoms with Crippen LogP contribution in [0.15, 0.2) is 30.6 Å². The summed E-state index contributed by atoms with van der Waals surface area (Å²) in [5.74, 6) is 0.582. The number of nitrogens with zero attached hydrogens (tertiary/aromatic N) is 6. The number of nitrogens with two attached hydrogens (primary N) is 1. The highest BCUT2D eigenvalue weighted by molar-refractivity contribution is 6.01. The molecular formula is C21H25N7O2. The molecule has 9 heteroatoms. The van der Waals surface area contributed by atoms with Crippen molar-refractivity contribution in [3.63, 3.8) is 0 Å². The predicted molar refractivity (Wildman–Crippen MR) is 114 cm³/mol. The van der Waals surface area contributed by atoms with E-state index in [2.05, 4.69) is 25.9 Å². The summed E-state index contributed by atoms with van der Waals surface area (Å²) in [7, 11) is 1.90. The van der Waals surface area contributed by atoms with E-state index in [0.717, 1.165) is 66.3 Å². The number of anilines is 2. The van der Waals surface area contributed by atoms with Crippen molar-refractivity contribution in [2.75, 3.05) is 42.6 Å². The van der Waals surface area contributed by atoms with E-state index in [1.165, 1.54) is 0 Å². The van der Waals surface area contributed by atoms with Crippen LogP contribution in [-0.2, 0) is 16.6 Å². The van der Waals surface area contributed by atoms with Crippen LogP contribution in [0.1, 0.15) is 12.8 Å². The van der Waals surface area contributed by atoms with Gasteiger partial charge in [0.25, 0.3) is 0 Å². The Morgan fingerprint density at radius 1 is 1.20 bits per heavy atom. The van der Waals surface area contributed by atoms with Crippen LogP contribution >= 0.6 is 0 Å². The number of fused-ring (bicyclic) bond motifs is 1. The van der Waals surface area contributed by atoms with E-state index in [0.29, 0.717) is 13.2 Å². The molecular weight excluding hydrogens is 382 g/mol. The van der Waals surface area contributed by atoms with Crippen LogP contribution in [0.25, 0.3) is 22.3 Å². The van der Waals surface area contributed by atoms with Crippen LogP contribution in [0.5, 0.6) is 0 Å². The predicted octanol–water partition coefficient (Wildman–Crippen LogP) is 1.32. The largest absolute Gasteiger partial charge is 0.378 e. The van der Waals surface area contributed by atoms with Crippen LogP contribution < -0.4 is 15.5 Å². The van der Waals surface area contributed by atoms with Crippen molar-refractivity contribution in [3.05, 3.63) is 30.6 Å². The third kappa shape index (κ3) is 3.15. The highest BCUT2D eigenvalue weighted by Crippen LogP contribution is 2.37. The number of pyridine rings is 2. The van der Waals surface area contributed by atoms with Gasteiger partial charge in [0.2, 0.25) is 5.91 Å². The lowest BCUT2D eigenvalue weighted by Crippen LogP contribution is -2.41. The number of carbonyl (C=O) groups is 1. The minimum atomic E-state index is -0.304. The Bertz CT molecular complexity index is 1090. The average molecular weight is 407 g/mol. The molecule has 0 spiro atoms. The maximum absolute atomic E-state index is 12.1. The van der Waals surface area contributed by atoms with E-state index >= 15 is 0 Å². The Hall–Kier alpha value is -3.20. The number of amides is 1. The van der Waals surface area contributed by atoms with Crippen molar-refractivity contribution in [2.24, 2.45) is 12.8 Å². The molecule has 3 aromatic heterocycles. The minimum absolute atomic E-state index is 0.286. The molecule has 2 N–H and O–H groups in total. The number of hydrogen-bond acceptors (Lipinski definition) is 7. The van der Waals surface area contributed by atoms with Gasteiger partial charge in [-0.05, 0) is 25.0 Å². The van der Waals surface area contributed by atoms with Crippen molar-refractivity contribution < 1.29 is 9.53 Å². The maximum atomic E-state index is 12.1. The van der Waals surface area contributed by atoms with Gasteiger partial charge in [0, 0.05) is 50.5 Å². The summed E-state index contributed by atoms with van der Waals surface area (Å²) in [5.41, 5.74) is 9.18. The van der Waals surface area contributed by atoms with Gasteiger partial charge >= 0.3 is 0 Å². The zero-order valence-electron chi connectivity index (χ0n) is 17.0. The maximum Gasteiger partial charge on any atom is 0.240 e. The lowest BCUT2D eigenvalue weighted by atomic mass is 10.1. The quantitative estimate of drug-likeness (QED) is 0.696. The second kappa shape index (κ2) is 7.56. The molecule has 2 aliphatic heterocycles. The third-order valence-electron chi connectivity index (χ3n) is 5.98. The van der Waals surface area contributed by atoms with Crippen molar-refractivity contribution in [3.8, 4) is 11.4 Å². The molecule has 0 radical (unpaired) electrons. The third-order valence-corrected chi connectivity index (χ3v) is 5.98. The SMILES string of the molecule is Cn1nccc1-c1nccc2c(N3CCC[C@H]3C(N)=O)cc(N3CCOCC3)nc12. The summed E-state index contributed by atoms with van der Waals surface area (Å²) in [5, 5.41) is 5.26. The number of aromatic nitrogens is 4. The molecule has 0 aliphatic carbocycles.